The third-order valence-corrected chi connectivity index (χ3v) is 8.39. The lowest BCUT2D eigenvalue weighted by Crippen LogP contribution is -2.48. The maximum absolute atomic E-state index is 14.6. The van der Waals surface area contributed by atoms with Gasteiger partial charge >= 0.3 is 0 Å². The highest BCUT2D eigenvalue weighted by Crippen LogP contribution is 2.36. The van der Waals surface area contributed by atoms with Gasteiger partial charge in [0.25, 0.3) is 0 Å². The second-order valence-corrected chi connectivity index (χ2v) is 11.5. The second-order valence-electron chi connectivity index (χ2n) is 11.5. The molecule has 44 heavy (non-hydrogen) atoms. The van der Waals surface area contributed by atoms with Crippen molar-refractivity contribution in [3.05, 3.63) is 87.6 Å². The Morgan fingerprint density at radius 3 is 2.80 bits per heavy atom. The molecular formula is C32H34F2N6O4. The van der Waals surface area contributed by atoms with E-state index in [1.54, 1.807) is 25.7 Å². The van der Waals surface area contributed by atoms with Crippen molar-refractivity contribution in [1.82, 2.24) is 19.4 Å². The molecule has 2 atom stereocenters. The van der Waals surface area contributed by atoms with E-state index in [1.807, 2.05) is 35.8 Å². The summed E-state index contributed by atoms with van der Waals surface area (Å²) in [5.41, 5.74) is 8.24. The Morgan fingerprint density at radius 1 is 1.20 bits per heavy atom. The molecule has 230 valence electrons. The number of anilines is 1. The quantitative estimate of drug-likeness (QED) is 0.307. The number of halogens is 2. The first-order chi connectivity index (χ1) is 21.2. The summed E-state index contributed by atoms with van der Waals surface area (Å²) >= 11 is 0. The number of aromatic nitrogens is 3. The van der Waals surface area contributed by atoms with Crippen molar-refractivity contribution in [2.45, 2.75) is 51.4 Å². The van der Waals surface area contributed by atoms with Crippen LogP contribution >= 0.6 is 0 Å². The number of carbonyl (C=O) groups excluding carboxylic acids is 1. The standard InChI is InChI=1S/C32H34F2N6O4/c1-19-18-44-32-29(34)26(33)12-25-30(32)40(19)16-21(31(25)42)15-39(14-20-7-8-36-28(10-20)43-2)24-4-3-9-38(17-24)23-6-5-22(37-13-23)11-27(35)41/h5-8,10,12-13,16,19,24H,3-4,9,11,14-15,17-18H2,1-2H3,(H2,35,41)/t19?,24-/m0/s1. The molecule has 3 aromatic heterocycles. The lowest BCUT2D eigenvalue weighted by Gasteiger charge is -2.40. The van der Waals surface area contributed by atoms with Crippen LogP contribution in [0.4, 0.5) is 14.5 Å². The highest BCUT2D eigenvalue weighted by atomic mass is 19.2. The van der Waals surface area contributed by atoms with Crippen molar-refractivity contribution in [2.75, 3.05) is 31.7 Å². The number of piperidine rings is 1. The number of carbonyl (C=O) groups is 1. The van der Waals surface area contributed by atoms with Gasteiger partial charge in [-0.1, -0.05) is 0 Å². The first-order valence-corrected chi connectivity index (χ1v) is 14.6. The van der Waals surface area contributed by atoms with E-state index in [2.05, 4.69) is 19.8 Å². The molecule has 12 heteroatoms. The van der Waals surface area contributed by atoms with Crippen molar-refractivity contribution in [3.8, 4) is 11.6 Å². The summed E-state index contributed by atoms with van der Waals surface area (Å²) in [6.07, 6.45) is 7.09. The Bertz CT molecular complexity index is 1760. The first-order valence-electron chi connectivity index (χ1n) is 14.6. The molecule has 2 N–H and O–H groups in total. The van der Waals surface area contributed by atoms with Crippen molar-refractivity contribution in [3.63, 3.8) is 0 Å². The lowest BCUT2D eigenvalue weighted by molar-refractivity contribution is -0.117. The molecule has 1 aromatic carbocycles. The minimum absolute atomic E-state index is 0.0472. The molecule has 2 aliphatic rings. The Balaban J connectivity index is 1.36. The molecule has 0 aliphatic carbocycles. The summed E-state index contributed by atoms with van der Waals surface area (Å²) in [6, 6.07) is 8.39. The van der Waals surface area contributed by atoms with Crippen molar-refractivity contribution in [2.24, 2.45) is 5.73 Å². The summed E-state index contributed by atoms with van der Waals surface area (Å²) in [7, 11) is 1.56. The Kier molecular flexibility index (Phi) is 8.17. The highest BCUT2D eigenvalue weighted by molar-refractivity contribution is 5.86. The van der Waals surface area contributed by atoms with Gasteiger partial charge in [-0.3, -0.25) is 19.5 Å². The number of rotatable bonds is 9. The SMILES string of the molecule is COc1cc(CN(Cc2cn3c4c(c(F)c(F)cc4c2=O)OCC3C)[C@H]2CCCN(c3ccc(CC(N)=O)nc3)C2)ccn1. The van der Waals surface area contributed by atoms with Crippen LogP contribution in [0.25, 0.3) is 10.9 Å². The van der Waals surface area contributed by atoms with Crippen LogP contribution in [0.15, 0.2) is 53.7 Å². The zero-order chi connectivity index (χ0) is 31.0. The van der Waals surface area contributed by atoms with Gasteiger partial charge in [0, 0.05) is 61.9 Å². The zero-order valence-corrected chi connectivity index (χ0v) is 24.6. The van der Waals surface area contributed by atoms with E-state index in [0.717, 1.165) is 36.7 Å². The molecule has 4 aromatic rings. The van der Waals surface area contributed by atoms with Gasteiger partial charge in [0.2, 0.25) is 17.6 Å². The van der Waals surface area contributed by atoms with Gasteiger partial charge in [-0.2, -0.15) is 4.39 Å². The molecule has 10 nitrogen and oxygen atoms in total. The zero-order valence-electron chi connectivity index (χ0n) is 24.6. The Labute approximate surface area is 253 Å². The van der Waals surface area contributed by atoms with Gasteiger partial charge in [0.15, 0.2) is 17.0 Å². The van der Waals surface area contributed by atoms with E-state index < -0.39 is 17.5 Å². The molecule has 6 rings (SSSR count). The normalized spacial score (nSPS) is 18.0. The number of amides is 1. The predicted molar refractivity (Wildman–Crippen MR) is 161 cm³/mol. The minimum Gasteiger partial charge on any atom is -0.486 e. The first kappa shape index (κ1) is 29.5. The number of pyridine rings is 3. The number of nitrogens with two attached hydrogens (primary N) is 1. The minimum atomic E-state index is -1.11. The fourth-order valence-corrected chi connectivity index (χ4v) is 6.16. The van der Waals surface area contributed by atoms with Crippen LogP contribution in [0, 0.1) is 11.6 Å². The third-order valence-electron chi connectivity index (χ3n) is 8.39. The predicted octanol–water partition coefficient (Wildman–Crippen LogP) is 3.73. The smallest absolute Gasteiger partial charge is 0.223 e. The molecule has 0 bridgehead atoms. The van der Waals surface area contributed by atoms with Gasteiger partial charge in [-0.25, -0.2) is 9.37 Å². The summed E-state index contributed by atoms with van der Waals surface area (Å²) in [4.78, 5) is 38.3. The third kappa shape index (κ3) is 5.81. The van der Waals surface area contributed by atoms with Gasteiger partial charge in [0.1, 0.15) is 6.61 Å². The van der Waals surface area contributed by atoms with Crippen LogP contribution in [0.5, 0.6) is 11.6 Å². The van der Waals surface area contributed by atoms with E-state index in [-0.39, 0.29) is 53.7 Å². The van der Waals surface area contributed by atoms with Gasteiger partial charge in [-0.15, -0.1) is 0 Å². The van der Waals surface area contributed by atoms with Crippen molar-refractivity contribution >= 4 is 22.5 Å². The van der Waals surface area contributed by atoms with E-state index in [9.17, 15) is 18.4 Å². The topological polar surface area (TPSA) is 116 Å². The number of ether oxygens (including phenoxy) is 2. The van der Waals surface area contributed by atoms with E-state index in [1.165, 1.54) is 0 Å². The summed E-state index contributed by atoms with van der Waals surface area (Å²) in [6.45, 7) is 4.38. The van der Waals surface area contributed by atoms with Crippen LogP contribution in [0.2, 0.25) is 0 Å². The molecule has 0 saturated carbocycles. The Hall–Kier alpha value is -4.58. The number of benzene rings is 1. The average molecular weight is 605 g/mol. The molecule has 5 heterocycles. The molecule has 1 unspecified atom stereocenters. The number of primary amides is 1. The van der Waals surface area contributed by atoms with Crippen molar-refractivity contribution in [1.29, 1.82) is 0 Å². The molecular weight excluding hydrogens is 570 g/mol. The number of hydrogen-bond acceptors (Lipinski definition) is 8. The Morgan fingerprint density at radius 2 is 2.05 bits per heavy atom. The van der Waals surface area contributed by atoms with Gasteiger partial charge in [0.05, 0.1) is 42.4 Å². The fraction of sp³-hybridized carbons (Fsp3) is 0.375. The van der Waals surface area contributed by atoms with E-state index in [0.29, 0.717) is 30.2 Å². The molecule has 2 aliphatic heterocycles. The maximum Gasteiger partial charge on any atom is 0.223 e. The van der Waals surface area contributed by atoms with Crippen LogP contribution in [-0.4, -0.2) is 58.2 Å². The lowest BCUT2D eigenvalue weighted by atomic mass is 10.0. The number of hydrogen-bond donors (Lipinski definition) is 1. The number of methoxy groups -OCH3 is 1. The van der Waals surface area contributed by atoms with E-state index in [4.69, 9.17) is 15.2 Å². The van der Waals surface area contributed by atoms with Crippen LogP contribution in [0.3, 0.4) is 0 Å². The summed E-state index contributed by atoms with van der Waals surface area (Å²) < 4.78 is 42.0. The largest absolute Gasteiger partial charge is 0.486 e. The molecule has 1 fully saturated rings. The molecule has 1 saturated heterocycles. The van der Waals surface area contributed by atoms with Gasteiger partial charge in [-0.05, 0) is 49.6 Å². The van der Waals surface area contributed by atoms with E-state index >= 15 is 0 Å². The summed E-state index contributed by atoms with van der Waals surface area (Å²) in [5, 5.41) is 0.0980. The maximum atomic E-state index is 14.6. The average Bonchev–Trinajstić information content (AvgIpc) is 3.02. The second kappa shape index (κ2) is 12.2. The van der Waals surface area contributed by atoms with Crippen molar-refractivity contribution < 1.29 is 23.0 Å². The monoisotopic (exact) mass is 604 g/mol. The van der Waals surface area contributed by atoms with Gasteiger partial charge < -0.3 is 24.7 Å². The molecule has 0 radical (unpaired) electrons. The van der Waals surface area contributed by atoms with Crippen LogP contribution in [0.1, 0.15) is 42.6 Å². The summed E-state index contributed by atoms with van der Waals surface area (Å²) in [5.74, 6) is -2.36. The van der Waals surface area contributed by atoms with Crippen LogP contribution < -0.4 is 25.5 Å². The fourth-order valence-electron chi connectivity index (χ4n) is 6.16. The molecule has 1 amide bonds. The molecule has 0 spiro atoms. The number of nitrogens with zero attached hydrogens (tertiary/aromatic N) is 5. The van der Waals surface area contributed by atoms with Crippen LogP contribution in [-0.2, 0) is 24.3 Å². The highest BCUT2D eigenvalue weighted by Gasteiger charge is 2.30.